The lowest BCUT2D eigenvalue weighted by Gasteiger charge is -2.42. The Kier molecular flexibility index (Phi) is 6.42. The summed E-state index contributed by atoms with van der Waals surface area (Å²) < 4.78 is 11.6. The number of aryl methyl sites for hydroxylation is 2. The Labute approximate surface area is 197 Å². The number of nitrogens with one attached hydrogen (secondary N) is 1. The van der Waals surface area contributed by atoms with Gasteiger partial charge in [0.1, 0.15) is 17.1 Å². The van der Waals surface area contributed by atoms with Gasteiger partial charge in [0.25, 0.3) is 6.02 Å². The molecule has 0 fully saturated rings. The topological polar surface area (TPSA) is 65.8 Å². The number of aromatic hydroxyl groups is 1. The van der Waals surface area contributed by atoms with Crippen LogP contribution in [0, 0.1) is 12.3 Å². The van der Waals surface area contributed by atoms with E-state index in [1.165, 1.54) is 23.8 Å². The monoisotopic (exact) mass is 448 g/mol. The van der Waals surface area contributed by atoms with Crippen LogP contribution in [0.5, 0.6) is 11.5 Å². The van der Waals surface area contributed by atoms with Crippen LogP contribution < -0.4 is 4.74 Å². The highest BCUT2D eigenvalue weighted by Gasteiger charge is 2.39. The molecule has 2 aliphatic rings. The predicted molar refractivity (Wildman–Crippen MR) is 133 cm³/mol. The first-order valence-electron chi connectivity index (χ1n) is 11.9. The molecule has 5 heteroatoms. The molecule has 1 atom stereocenters. The molecular formula is C28H36N2O3. The highest BCUT2D eigenvalue weighted by Crippen LogP contribution is 2.49. The SMILES string of the molecule is COC(=N)N1CCC2=C(C1)c1c(O)cc(C(C)CCCc3ccc(C)cc3)cc1OC2(C)C. The van der Waals surface area contributed by atoms with E-state index in [0.29, 0.717) is 19.0 Å². The van der Waals surface area contributed by atoms with Crippen molar-refractivity contribution in [1.82, 2.24) is 4.90 Å². The normalized spacial score (nSPS) is 17.7. The van der Waals surface area contributed by atoms with Gasteiger partial charge in [0.2, 0.25) is 0 Å². The minimum Gasteiger partial charge on any atom is -0.507 e. The van der Waals surface area contributed by atoms with Crippen LogP contribution in [0.1, 0.15) is 68.2 Å². The van der Waals surface area contributed by atoms with Crippen LogP contribution in [0.15, 0.2) is 42.0 Å². The van der Waals surface area contributed by atoms with E-state index in [-0.39, 0.29) is 11.8 Å². The molecule has 0 bridgehead atoms. The summed E-state index contributed by atoms with van der Waals surface area (Å²) in [4.78, 5) is 1.91. The number of fused-ring (bicyclic) bond motifs is 2. The lowest BCUT2D eigenvalue weighted by atomic mass is 9.80. The summed E-state index contributed by atoms with van der Waals surface area (Å²) in [5.41, 5.74) is 6.35. The molecule has 0 saturated carbocycles. The lowest BCUT2D eigenvalue weighted by molar-refractivity contribution is 0.132. The molecule has 0 aromatic heterocycles. The van der Waals surface area contributed by atoms with Crippen molar-refractivity contribution < 1.29 is 14.6 Å². The number of ether oxygens (including phenoxy) is 2. The van der Waals surface area contributed by atoms with Gasteiger partial charge in [0, 0.05) is 13.1 Å². The number of amidine groups is 1. The number of rotatable bonds is 5. The first-order chi connectivity index (χ1) is 15.7. The highest BCUT2D eigenvalue weighted by atomic mass is 16.5. The molecule has 2 N–H and O–H groups in total. The summed E-state index contributed by atoms with van der Waals surface area (Å²) in [5.74, 6) is 1.32. The average molecular weight is 449 g/mol. The molecule has 176 valence electrons. The summed E-state index contributed by atoms with van der Waals surface area (Å²) >= 11 is 0. The second-order valence-electron chi connectivity index (χ2n) is 9.94. The van der Waals surface area contributed by atoms with Gasteiger partial charge in [-0.2, -0.15) is 0 Å². The summed E-state index contributed by atoms with van der Waals surface area (Å²) in [6.07, 6.45) is 3.98. The smallest absolute Gasteiger partial charge is 0.284 e. The van der Waals surface area contributed by atoms with Gasteiger partial charge in [-0.25, -0.2) is 0 Å². The molecule has 2 aromatic carbocycles. The molecule has 33 heavy (non-hydrogen) atoms. The number of phenolic OH excluding ortho intramolecular Hbond substituents is 1. The zero-order valence-electron chi connectivity index (χ0n) is 20.5. The molecule has 0 radical (unpaired) electrons. The highest BCUT2D eigenvalue weighted by molar-refractivity contribution is 5.85. The second kappa shape index (κ2) is 9.12. The quantitative estimate of drug-likeness (QED) is 0.432. The molecule has 1 unspecified atom stereocenters. The van der Waals surface area contributed by atoms with E-state index in [9.17, 15) is 5.11 Å². The molecule has 2 aromatic rings. The van der Waals surface area contributed by atoms with Gasteiger partial charge in [-0.15, -0.1) is 0 Å². The fourth-order valence-corrected chi connectivity index (χ4v) is 5.12. The minimum absolute atomic E-state index is 0.158. The van der Waals surface area contributed by atoms with Gasteiger partial charge < -0.3 is 19.5 Å². The van der Waals surface area contributed by atoms with Crippen molar-refractivity contribution in [3.05, 3.63) is 64.2 Å². The number of methoxy groups -OCH3 is 1. The van der Waals surface area contributed by atoms with Gasteiger partial charge in [-0.1, -0.05) is 36.8 Å². The third kappa shape index (κ3) is 4.73. The number of phenols is 1. The van der Waals surface area contributed by atoms with Crippen molar-refractivity contribution in [2.75, 3.05) is 20.2 Å². The fourth-order valence-electron chi connectivity index (χ4n) is 5.12. The molecule has 4 rings (SSSR count). The third-order valence-corrected chi connectivity index (χ3v) is 7.12. The number of nitrogens with zero attached hydrogens (tertiary/aromatic N) is 1. The molecule has 2 aliphatic heterocycles. The third-order valence-electron chi connectivity index (χ3n) is 7.12. The van der Waals surface area contributed by atoms with Crippen LogP contribution in [-0.4, -0.2) is 41.8 Å². The predicted octanol–water partition coefficient (Wildman–Crippen LogP) is 6.04. The Morgan fingerprint density at radius 3 is 2.67 bits per heavy atom. The van der Waals surface area contributed by atoms with E-state index >= 15 is 0 Å². The minimum atomic E-state index is -0.441. The van der Waals surface area contributed by atoms with Gasteiger partial charge >= 0.3 is 0 Å². The van der Waals surface area contributed by atoms with Crippen LogP contribution in [0.4, 0.5) is 0 Å². The Balaban J connectivity index is 1.55. The second-order valence-corrected chi connectivity index (χ2v) is 9.94. The summed E-state index contributed by atoms with van der Waals surface area (Å²) in [7, 11) is 1.53. The van der Waals surface area contributed by atoms with Crippen molar-refractivity contribution >= 4 is 11.6 Å². The average Bonchev–Trinajstić information content (AvgIpc) is 2.78. The van der Waals surface area contributed by atoms with E-state index in [0.717, 1.165) is 48.1 Å². The van der Waals surface area contributed by atoms with Crippen molar-refractivity contribution in [2.24, 2.45) is 0 Å². The molecule has 0 saturated heterocycles. The number of hydrogen-bond acceptors (Lipinski definition) is 4. The lowest BCUT2D eigenvalue weighted by Crippen LogP contribution is -2.44. The molecule has 0 amide bonds. The largest absolute Gasteiger partial charge is 0.507 e. The van der Waals surface area contributed by atoms with Gasteiger partial charge in [-0.05, 0) is 86.8 Å². The van der Waals surface area contributed by atoms with Crippen molar-refractivity contribution in [2.45, 2.75) is 64.9 Å². The van der Waals surface area contributed by atoms with Crippen LogP contribution in [-0.2, 0) is 11.2 Å². The van der Waals surface area contributed by atoms with Crippen LogP contribution in [0.25, 0.3) is 5.57 Å². The first kappa shape index (κ1) is 23.2. The van der Waals surface area contributed by atoms with Crippen LogP contribution >= 0.6 is 0 Å². The number of benzene rings is 2. The number of hydrogen-bond donors (Lipinski definition) is 2. The standard InChI is InChI=1S/C28H36N2O3/c1-18-9-11-20(12-10-18)8-6-7-19(2)21-15-24(31)26-22-17-30(27(29)32-5)14-13-23(22)28(3,4)33-25(26)16-21/h9-12,15-16,19,29,31H,6-8,13-14,17H2,1-5H3. The Morgan fingerprint density at radius 1 is 1.24 bits per heavy atom. The van der Waals surface area contributed by atoms with Crippen LogP contribution in [0.2, 0.25) is 0 Å². The Hall–Kier alpha value is -2.95. The Morgan fingerprint density at radius 2 is 1.97 bits per heavy atom. The first-order valence-corrected chi connectivity index (χ1v) is 11.9. The van der Waals surface area contributed by atoms with Crippen LogP contribution in [0.3, 0.4) is 0 Å². The summed E-state index contributed by atoms with van der Waals surface area (Å²) in [5, 5.41) is 19.2. The molecule has 5 nitrogen and oxygen atoms in total. The molecule has 2 heterocycles. The molecule has 0 aliphatic carbocycles. The maximum absolute atomic E-state index is 11.1. The Bertz CT molecular complexity index is 1070. The van der Waals surface area contributed by atoms with E-state index in [1.807, 2.05) is 11.0 Å². The van der Waals surface area contributed by atoms with Gasteiger partial charge in [0.05, 0.1) is 12.7 Å². The fraction of sp³-hybridized carbons (Fsp3) is 0.464. The zero-order chi connectivity index (χ0) is 23.8. The molecular weight excluding hydrogens is 412 g/mol. The zero-order valence-corrected chi connectivity index (χ0v) is 20.5. The maximum atomic E-state index is 11.1. The molecule has 0 spiro atoms. The summed E-state index contributed by atoms with van der Waals surface area (Å²) in [6, 6.07) is 12.9. The van der Waals surface area contributed by atoms with Crippen molar-refractivity contribution in [3.8, 4) is 11.5 Å². The van der Waals surface area contributed by atoms with Gasteiger partial charge in [0.15, 0.2) is 0 Å². The van der Waals surface area contributed by atoms with E-state index in [2.05, 4.69) is 58.0 Å². The summed E-state index contributed by atoms with van der Waals surface area (Å²) in [6.45, 7) is 9.78. The van der Waals surface area contributed by atoms with Crippen molar-refractivity contribution in [1.29, 1.82) is 5.41 Å². The van der Waals surface area contributed by atoms with Gasteiger partial charge in [-0.3, -0.25) is 5.41 Å². The van der Waals surface area contributed by atoms with E-state index in [1.54, 1.807) is 0 Å². The van der Waals surface area contributed by atoms with E-state index in [4.69, 9.17) is 14.9 Å². The van der Waals surface area contributed by atoms with E-state index < -0.39 is 5.60 Å². The maximum Gasteiger partial charge on any atom is 0.284 e. The van der Waals surface area contributed by atoms with Crippen molar-refractivity contribution in [3.63, 3.8) is 0 Å².